The predicted molar refractivity (Wildman–Crippen MR) is 83.6 cm³/mol. The van der Waals surface area contributed by atoms with Crippen molar-refractivity contribution in [3.63, 3.8) is 0 Å². The SMILES string of the molecule is CC(Cc1ccccc1)[C@](N)(O)Cc1ccc(Cl)cc1. The zero-order valence-electron chi connectivity index (χ0n) is 11.6. The van der Waals surface area contributed by atoms with E-state index in [0.717, 1.165) is 12.0 Å². The molecule has 0 bridgehead atoms. The van der Waals surface area contributed by atoms with Crippen LogP contribution in [0, 0.1) is 5.92 Å². The average molecular weight is 290 g/mol. The second kappa shape index (κ2) is 6.40. The largest absolute Gasteiger partial charge is 0.375 e. The van der Waals surface area contributed by atoms with Crippen molar-refractivity contribution in [1.82, 2.24) is 0 Å². The fourth-order valence-electron chi connectivity index (χ4n) is 2.25. The van der Waals surface area contributed by atoms with Gasteiger partial charge in [0.1, 0.15) is 5.72 Å². The molecule has 0 saturated carbocycles. The minimum absolute atomic E-state index is 0.0411. The summed E-state index contributed by atoms with van der Waals surface area (Å²) in [6, 6.07) is 17.5. The number of hydrogen-bond donors (Lipinski definition) is 2. The highest BCUT2D eigenvalue weighted by atomic mass is 35.5. The molecule has 2 rings (SSSR count). The van der Waals surface area contributed by atoms with Gasteiger partial charge in [-0.3, -0.25) is 0 Å². The molecule has 1 unspecified atom stereocenters. The van der Waals surface area contributed by atoms with E-state index in [0.29, 0.717) is 11.4 Å². The molecule has 0 aliphatic rings. The van der Waals surface area contributed by atoms with Gasteiger partial charge in [-0.1, -0.05) is 61.0 Å². The minimum atomic E-state index is -1.23. The molecule has 2 atom stereocenters. The Labute approximate surface area is 125 Å². The van der Waals surface area contributed by atoms with Crippen LogP contribution in [0.25, 0.3) is 0 Å². The van der Waals surface area contributed by atoms with Crippen LogP contribution in [-0.2, 0) is 12.8 Å². The third kappa shape index (κ3) is 4.07. The second-order valence-electron chi connectivity index (χ2n) is 5.39. The summed E-state index contributed by atoms with van der Waals surface area (Å²) < 4.78 is 0. The number of hydrogen-bond acceptors (Lipinski definition) is 2. The maximum absolute atomic E-state index is 10.5. The first-order valence-electron chi connectivity index (χ1n) is 6.77. The van der Waals surface area contributed by atoms with Crippen molar-refractivity contribution < 1.29 is 5.11 Å². The molecule has 0 fully saturated rings. The molecule has 106 valence electrons. The van der Waals surface area contributed by atoms with Crippen LogP contribution in [0.15, 0.2) is 54.6 Å². The Morgan fingerprint density at radius 2 is 1.65 bits per heavy atom. The van der Waals surface area contributed by atoms with Crippen molar-refractivity contribution in [3.8, 4) is 0 Å². The third-order valence-corrected chi connectivity index (χ3v) is 3.89. The van der Waals surface area contributed by atoms with E-state index in [1.807, 2.05) is 49.4 Å². The molecule has 0 saturated heterocycles. The van der Waals surface area contributed by atoms with Gasteiger partial charge in [0, 0.05) is 17.4 Å². The summed E-state index contributed by atoms with van der Waals surface area (Å²) >= 11 is 5.86. The van der Waals surface area contributed by atoms with Crippen LogP contribution in [0.2, 0.25) is 5.02 Å². The van der Waals surface area contributed by atoms with E-state index in [2.05, 4.69) is 12.1 Å². The van der Waals surface area contributed by atoms with Gasteiger partial charge in [0.2, 0.25) is 0 Å². The van der Waals surface area contributed by atoms with Crippen LogP contribution in [-0.4, -0.2) is 10.8 Å². The van der Waals surface area contributed by atoms with Gasteiger partial charge in [-0.15, -0.1) is 0 Å². The standard InChI is InChI=1S/C17H20ClNO/c1-13(11-14-5-3-2-4-6-14)17(19,20)12-15-7-9-16(18)10-8-15/h2-10,13,20H,11-12,19H2,1H3/t13?,17-/m1/s1. The van der Waals surface area contributed by atoms with Crippen LogP contribution in [0.5, 0.6) is 0 Å². The summed E-state index contributed by atoms with van der Waals surface area (Å²) in [7, 11) is 0. The molecule has 0 amide bonds. The molecule has 2 nitrogen and oxygen atoms in total. The first-order valence-corrected chi connectivity index (χ1v) is 7.15. The van der Waals surface area contributed by atoms with E-state index < -0.39 is 5.72 Å². The normalized spacial score (nSPS) is 15.6. The monoisotopic (exact) mass is 289 g/mol. The zero-order chi connectivity index (χ0) is 14.6. The highest BCUT2D eigenvalue weighted by Gasteiger charge is 2.29. The molecule has 3 heteroatoms. The fourth-order valence-corrected chi connectivity index (χ4v) is 2.37. The molecule has 20 heavy (non-hydrogen) atoms. The number of halogens is 1. The van der Waals surface area contributed by atoms with Crippen LogP contribution in [0.4, 0.5) is 0 Å². The van der Waals surface area contributed by atoms with E-state index in [9.17, 15) is 5.11 Å². The second-order valence-corrected chi connectivity index (χ2v) is 5.82. The smallest absolute Gasteiger partial charge is 0.120 e. The Bertz CT molecular complexity index is 537. The summed E-state index contributed by atoms with van der Waals surface area (Å²) in [6.07, 6.45) is 1.17. The van der Waals surface area contributed by atoms with E-state index in [4.69, 9.17) is 17.3 Å². The molecule has 0 heterocycles. The lowest BCUT2D eigenvalue weighted by atomic mass is 9.87. The van der Waals surface area contributed by atoms with Gasteiger partial charge < -0.3 is 10.8 Å². The summed E-state index contributed by atoms with van der Waals surface area (Å²) in [4.78, 5) is 0. The van der Waals surface area contributed by atoms with Gasteiger partial charge in [-0.25, -0.2) is 0 Å². The Kier molecular flexibility index (Phi) is 4.81. The molecule has 2 aromatic rings. The van der Waals surface area contributed by atoms with Gasteiger partial charge >= 0.3 is 0 Å². The summed E-state index contributed by atoms with van der Waals surface area (Å²) in [5, 5.41) is 11.2. The van der Waals surface area contributed by atoms with Gasteiger partial charge in [0.05, 0.1) is 0 Å². The highest BCUT2D eigenvalue weighted by Crippen LogP contribution is 2.22. The minimum Gasteiger partial charge on any atom is -0.375 e. The Morgan fingerprint density at radius 1 is 1.05 bits per heavy atom. The van der Waals surface area contributed by atoms with Crippen molar-refractivity contribution in [3.05, 3.63) is 70.7 Å². The Morgan fingerprint density at radius 3 is 2.25 bits per heavy atom. The van der Waals surface area contributed by atoms with Gasteiger partial charge in [0.25, 0.3) is 0 Å². The third-order valence-electron chi connectivity index (χ3n) is 3.64. The first-order chi connectivity index (χ1) is 9.47. The molecular weight excluding hydrogens is 270 g/mol. The summed E-state index contributed by atoms with van der Waals surface area (Å²) in [5.74, 6) is -0.0411. The van der Waals surface area contributed by atoms with E-state index in [-0.39, 0.29) is 5.92 Å². The summed E-state index contributed by atoms with van der Waals surface area (Å²) in [6.45, 7) is 1.98. The number of rotatable bonds is 5. The van der Waals surface area contributed by atoms with E-state index in [1.54, 1.807) is 0 Å². The highest BCUT2D eigenvalue weighted by molar-refractivity contribution is 6.30. The van der Waals surface area contributed by atoms with Crippen LogP contribution >= 0.6 is 11.6 Å². The molecular formula is C17H20ClNO. The van der Waals surface area contributed by atoms with Gasteiger partial charge in [-0.2, -0.15) is 0 Å². The lowest BCUT2D eigenvalue weighted by Crippen LogP contribution is -2.48. The maximum Gasteiger partial charge on any atom is 0.120 e. The van der Waals surface area contributed by atoms with Gasteiger partial charge in [-0.05, 0) is 29.7 Å². The molecule has 0 aromatic heterocycles. The van der Waals surface area contributed by atoms with Crippen molar-refractivity contribution in [1.29, 1.82) is 0 Å². The van der Waals surface area contributed by atoms with Crippen LogP contribution in [0.1, 0.15) is 18.1 Å². The zero-order valence-corrected chi connectivity index (χ0v) is 12.3. The van der Waals surface area contributed by atoms with E-state index >= 15 is 0 Å². The Balaban J connectivity index is 2.03. The molecule has 0 aliphatic carbocycles. The van der Waals surface area contributed by atoms with Gasteiger partial charge in [0.15, 0.2) is 0 Å². The van der Waals surface area contributed by atoms with Crippen molar-refractivity contribution >= 4 is 11.6 Å². The van der Waals surface area contributed by atoms with Crippen molar-refractivity contribution in [2.45, 2.75) is 25.5 Å². The van der Waals surface area contributed by atoms with Crippen LogP contribution < -0.4 is 5.73 Å². The topological polar surface area (TPSA) is 46.2 Å². The molecule has 0 aliphatic heterocycles. The molecule has 2 aromatic carbocycles. The van der Waals surface area contributed by atoms with E-state index in [1.165, 1.54) is 5.56 Å². The number of aliphatic hydroxyl groups is 1. The fraction of sp³-hybridized carbons (Fsp3) is 0.294. The Hall–Kier alpha value is -1.35. The lowest BCUT2D eigenvalue weighted by molar-refractivity contribution is -0.00558. The van der Waals surface area contributed by atoms with Crippen LogP contribution in [0.3, 0.4) is 0 Å². The quantitative estimate of drug-likeness (QED) is 0.829. The van der Waals surface area contributed by atoms with Crippen molar-refractivity contribution in [2.24, 2.45) is 11.7 Å². The van der Waals surface area contributed by atoms with Crippen molar-refractivity contribution in [2.75, 3.05) is 0 Å². The number of benzene rings is 2. The predicted octanol–water partition coefficient (Wildman–Crippen LogP) is 3.41. The average Bonchev–Trinajstić information content (AvgIpc) is 2.42. The number of nitrogens with two attached hydrogens (primary N) is 1. The molecule has 3 N–H and O–H groups in total. The molecule has 0 spiro atoms. The summed E-state index contributed by atoms with van der Waals surface area (Å²) in [5.41, 5.74) is 7.03. The first kappa shape index (κ1) is 15.0. The molecule has 0 radical (unpaired) electrons. The maximum atomic E-state index is 10.5. The lowest BCUT2D eigenvalue weighted by Gasteiger charge is -2.30.